The van der Waals surface area contributed by atoms with E-state index in [9.17, 15) is 4.79 Å². The van der Waals surface area contributed by atoms with Gasteiger partial charge in [0.1, 0.15) is 0 Å². The molecule has 0 aliphatic heterocycles. The van der Waals surface area contributed by atoms with Crippen molar-refractivity contribution in [2.75, 3.05) is 27.2 Å². The van der Waals surface area contributed by atoms with E-state index in [1.165, 1.54) is 11.1 Å². The Hall–Kier alpha value is -1.85. The number of hydrogen-bond donors (Lipinski definition) is 2. The van der Waals surface area contributed by atoms with Gasteiger partial charge in [-0.3, -0.25) is 0 Å². The normalized spacial score (nSPS) is 12.1. The molecule has 0 fully saturated rings. The van der Waals surface area contributed by atoms with E-state index in [0.29, 0.717) is 13.1 Å². The number of amides is 2. The van der Waals surface area contributed by atoms with Crippen molar-refractivity contribution in [3.63, 3.8) is 0 Å². The van der Waals surface area contributed by atoms with Gasteiger partial charge in [-0.05, 0) is 48.5 Å². The van der Waals surface area contributed by atoms with Gasteiger partial charge >= 0.3 is 6.03 Å². The van der Waals surface area contributed by atoms with Crippen molar-refractivity contribution in [1.29, 1.82) is 0 Å². The maximum atomic E-state index is 11.9. The molecule has 0 spiro atoms. The minimum absolute atomic E-state index is 0.113. The van der Waals surface area contributed by atoms with Crippen molar-refractivity contribution in [1.82, 2.24) is 15.5 Å². The largest absolute Gasteiger partial charge is 0.338 e. The number of benzene rings is 1. The van der Waals surface area contributed by atoms with Crippen LogP contribution in [0.4, 0.5) is 4.79 Å². The van der Waals surface area contributed by atoms with E-state index in [-0.39, 0.29) is 12.1 Å². The van der Waals surface area contributed by atoms with E-state index >= 15 is 0 Å². The Labute approximate surface area is 136 Å². The van der Waals surface area contributed by atoms with Crippen molar-refractivity contribution >= 4 is 17.4 Å². The number of nitrogens with one attached hydrogen (secondary N) is 2. The van der Waals surface area contributed by atoms with Crippen LogP contribution in [-0.4, -0.2) is 38.1 Å². The molecule has 0 saturated heterocycles. The van der Waals surface area contributed by atoms with Gasteiger partial charge in [-0.2, -0.15) is 11.3 Å². The fourth-order valence-electron chi connectivity index (χ4n) is 2.28. The molecule has 2 amide bonds. The Morgan fingerprint density at radius 1 is 1.18 bits per heavy atom. The molecule has 0 aliphatic carbocycles. The molecule has 1 aromatic carbocycles. The summed E-state index contributed by atoms with van der Waals surface area (Å²) in [5.74, 6) is 0. The average molecular weight is 317 g/mol. The van der Waals surface area contributed by atoms with Crippen LogP contribution >= 0.6 is 11.3 Å². The number of urea groups is 1. The minimum atomic E-state index is -0.113. The van der Waals surface area contributed by atoms with E-state index in [0.717, 1.165) is 6.42 Å². The highest BCUT2D eigenvalue weighted by atomic mass is 32.1. The third-order valence-corrected chi connectivity index (χ3v) is 4.25. The first kappa shape index (κ1) is 16.5. The van der Waals surface area contributed by atoms with Crippen LogP contribution in [0.3, 0.4) is 0 Å². The molecule has 4 nitrogen and oxygen atoms in total. The number of likely N-dealkylation sites (N-methyl/N-ethyl adjacent to an activating group) is 1. The van der Waals surface area contributed by atoms with Crippen molar-refractivity contribution in [2.45, 2.75) is 12.5 Å². The molecule has 0 saturated carbocycles. The lowest BCUT2D eigenvalue weighted by molar-refractivity contribution is 0.233. The predicted octanol–water partition coefficient (Wildman–Crippen LogP) is 2.89. The van der Waals surface area contributed by atoms with Crippen LogP contribution in [0, 0.1) is 0 Å². The summed E-state index contributed by atoms with van der Waals surface area (Å²) in [4.78, 5) is 14.0. The first-order valence-electron chi connectivity index (χ1n) is 7.41. The smallest absolute Gasteiger partial charge is 0.314 e. The molecule has 1 aromatic heterocycles. The summed E-state index contributed by atoms with van der Waals surface area (Å²) >= 11 is 1.68. The van der Waals surface area contributed by atoms with Gasteiger partial charge in [-0.25, -0.2) is 4.79 Å². The fraction of sp³-hybridized carbons (Fsp3) is 0.353. The summed E-state index contributed by atoms with van der Waals surface area (Å²) in [6.07, 6.45) is 0.843. The number of nitrogens with zero attached hydrogens (tertiary/aromatic N) is 1. The molecule has 1 atom stereocenters. The molecule has 2 aromatic rings. The second kappa shape index (κ2) is 8.56. The lowest BCUT2D eigenvalue weighted by Gasteiger charge is -2.24. The molecule has 0 radical (unpaired) electrons. The summed E-state index contributed by atoms with van der Waals surface area (Å²) in [7, 11) is 4.05. The van der Waals surface area contributed by atoms with Gasteiger partial charge < -0.3 is 15.5 Å². The van der Waals surface area contributed by atoms with Crippen molar-refractivity contribution in [2.24, 2.45) is 0 Å². The van der Waals surface area contributed by atoms with E-state index in [1.54, 1.807) is 11.3 Å². The standard InChI is InChI=1S/C17H23N3OS/c1-20(2)16(15-9-11-22-13-15)12-19-17(21)18-10-8-14-6-4-3-5-7-14/h3-7,9,11,13,16H,8,10,12H2,1-2H3,(H2,18,19,21). The summed E-state index contributed by atoms with van der Waals surface area (Å²) in [5.41, 5.74) is 2.46. The van der Waals surface area contributed by atoms with E-state index in [2.05, 4.69) is 44.5 Å². The number of carbonyl (C=O) groups is 1. The Balaban J connectivity index is 1.72. The maximum Gasteiger partial charge on any atom is 0.314 e. The zero-order chi connectivity index (χ0) is 15.8. The monoisotopic (exact) mass is 317 g/mol. The highest BCUT2D eigenvalue weighted by molar-refractivity contribution is 7.07. The van der Waals surface area contributed by atoms with Gasteiger partial charge in [0.05, 0.1) is 6.04 Å². The van der Waals surface area contributed by atoms with Crippen LogP contribution < -0.4 is 10.6 Å². The molecule has 0 aliphatic rings. The minimum Gasteiger partial charge on any atom is -0.338 e. The quantitative estimate of drug-likeness (QED) is 0.825. The molecule has 22 heavy (non-hydrogen) atoms. The molecule has 1 unspecified atom stereocenters. The van der Waals surface area contributed by atoms with E-state index < -0.39 is 0 Å². The number of thiophene rings is 1. The van der Waals surface area contributed by atoms with Crippen LogP contribution in [0.5, 0.6) is 0 Å². The fourth-order valence-corrected chi connectivity index (χ4v) is 2.99. The third-order valence-electron chi connectivity index (χ3n) is 3.55. The van der Waals surface area contributed by atoms with Crippen molar-refractivity contribution in [3.05, 3.63) is 58.3 Å². The summed E-state index contributed by atoms with van der Waals surface area (Å²) < 4.78 is 0. The molecule has 5 heteroatoms. The maximum absolute atomic E-state index is 11.9. The highest BCUT2D eigenvalue weighted by Gasteiger charge is 2.15. The topological polar surface area (TPSA) is 44.4 Å². The Kier molecular flexibility index (Phi) is 6.43. The zero-order valence-corrected chi connectivity index (χ0v) is 13.9. The molecule has 0 bridgehead atoms. The van der Waals surface area contributed by atoms with Gasteiger partial charge in [0.15, 0.2) is 0 Å². The van der Waals surface area contributed by atoms with Crippen LogP contribution in [0.2, 0.25) is 0 Å². The van der Waals surface area contributed by atoms with Crippen LogP contribution in [-0.2, 0) is 6.42 Å². The summed E-state index contributed by atoms with van der Waals surface area (Å²) in [6, 6.07) is 12.3. The first-order valence-corrected chi connectivity index (χ1v) is 8.35. The Bertz CT molecular complexity index is 555. The van der Waals surface area contributed by atoms with Crippen LogP contribution in [0.25, 0.3) is 0 Å². The van der Waals surface area contributed by atoms with Crippen LogP contribution in [0.15, 0.2) is 47.2 Å². The molecule has 2 N–H and O–H groups in total. The molecule has 2 rings (SSSR count). The highest BCUT2D eigenvalue weighted by Crippen LogP contribution is 2.19. The second-order valence-electron chi connectivity index (χ2n) is 5.41. The van der Waals surface area contributed by atoms with Gasteiger partial charge in [-0.15, -0.1) is 0 Å². The van der Waals surface area contributed by atoms with Gasteiger partial charge in [0.25, 0.3) is 0 Å². The average Bonchev–Trinajstić information content (AvgIpc) is 3.02. The number of carbonyl (C=O) groups excluding carboxylic acids is 1. The summed E-state index contributed by atoms with van der Waals surface area (Å²) in [6.45, 7) is 1.24. The van der Waals surface area contributed by atoms with E-state index in [4.69, 9.17) is 0 Å². The summed E-state index contributed by atoms with van der Waals surface area (Å²) in [5, 5.41) is 10.0. The predicted molar refractivity (Wildman–Crippen MR) is 92.3 cm³/mol. The molecular formula is C17H23N3OS. The van der Waals surface area contributed by atoms with Gasteiger partial charge in [-0.1, -0.05) is 30.3 Å². The van der Waals surface area contributed by atoms with Crippen molar-refractivity contribution < 1.29 is 4.79 Å². The van der Waals surface area contributed by atoms with E-state index in [1.807, 2.05) is 32.3 Å². The SMILES string of the molecule is CN(C)C(CNC(=O)NCCc1ccccc1)c1ccsc1. The van der Waals surface area contributed by atoms with Gasteiger partial charge in [0.2, 0.25) is 0 Å². The lowest BCUT2D eigenvalue weighted by Crippen LogP contribution is -2.41. The van der Waals surface area contributed by atoms with Gasteiger partial charge in [0, 0.05) is 13.1 Å². The zero-order valence-electron chi connectivity index (χ0n) is 13.1. The number of hydrogen-bond acceptors (Lipinski definition) is 3. The molecule has 1 heterocycles. The molecular weight excluding hydrogens is 294 g/mol. The Morgan fingerprint density at radius 2 is 1.95 bits per heavy atom. The second-order valence-corrected chi connectivity index (χ2v) is 6.19. The third kappa shape index (κ3) is 5.16. The van der Waals surface area contributed by atoms with Crippen LogP contribution in [0.1, 0.15) is 17.2 Å². The first-order chi connectivity index (χ1) is 10.7. The van der Waals surface area contributed by atoms with Crippen molar-refractivity contribution in [3.8, 4) is 0 Å². The lowest BCUT2D eigenvalue weighted by atomic mass is 10.1. The molecule has 118 valence electrons. The number of rotatable bonds is 7. The Morgan fingerprint density at radius 3 is 2.59 bits per heavy atom.